The molecule has 2 aliphatic carbocycles. The van der Waals surface area contributed by atoms with E-state index in [0.717, 1.165) is 59.0 Å². The quantitative estimate of drug-likeness (QED) is 0.435. The third-order valence-corrected chi connectivity index (χ3v) is 8.25. The van der Waals surface area contributed by atoms with Crippen LogP contribution >= 0.6 is 0 Å². The van der Waals surface area contributed by atoms with E-state index in [1.54, 1.807) is 10.6 Å². The summed E-state index contributed by atoms with van der Waals surface area (Å²) in [6.07, 6.45) is 12.9. The number of aryl methyl sites for hydroxylation is 2. The maximum absolute atomic E-state index is 15.2. The van der Waals surface area contributed by atoms with Crippen molar-refractivity contribution in [1.82, 2.24) is 29.3 Å². The molecule has 33 heavy (non-hydrogen) atoms. The van der Waals surface area contributed by atoms with Crippen molar-refractivity contribution in [1.29, 1.82) is 0 Å². The van der Waals surface area contributed by atoms with Gasteiger partial charge in [-0.1, -0.05) is 6.42 Å². The second-order valence-corrected chi connectivity index (χ2v) is 10.5. The summed E-state index contributed by atoms with van der Waals surface area (Å²) in [6.45, 7) is 5.12. The van der Waals surface area contributed by atoms with Gasteiger partial charge in [0.2, 0.25) is 0 Å². The standard InChI is InChI=1S/C26H29FN6/c1-16-10-23(29-33-14-17(2)28-25(16)33)18-11-19-15-32(30-24(19)22(27)12-18)21-6-9-31(20-4-3-5-20)26(13-21)7-8-26/h10-12,14-15,20-21H,3-9,13H2,1-2H3/t21-/m0/s1. The smallest absolute Gasteiger partial charge is 0.156 e. The van der Waals surface area contributed by atoms with E-state index >= 15 is 4.39 Å². The number of likely N-dealkylation sites (tertiary alicyclic amines) is 1. The minimum absolute atomic E-state index is 0.282. The predicted molar refractivity (Wildman–Crippen MR) is 126 cm³/mol. The summed E-state index contributed by atoms with van der Waals surface area (Å²) in [7, 11) is 0. The summed E-state index contributed by atoms with van der Waals surface area (Å²) in [5.74, 6) is -0.282. The highest BCUT2D eigenvalue weighted by Gasteiger charge is 2.54. The SMILES string of the molecule is Cc1cn2nc(-c3cc(F)c4nn([C@H]5CCN(C6CCC6)C6(CC6)C5)cc4c3)cc(C)c2n1. The molecule has 0 unspecified atom stereocenters. The van der Waals surface area contributed by atoms with Gasteiger partial charge >= 0.3 is 0 Å². The lowest BCUT2D eigenvalue weighted by atomic mass is 9.85. The Labute approximate surface area is 192 Å². The largest absolute Gasteiger partial charge is 0.295 e. The van der Waals surface area contributed by atoms with E-state index in [4.69, 9.17) is 10.2 Å². The van der Waals surface area contributed by atoms with E-state index in [2.05, 4.69) is 20.8 Å². The van der Waals surface area contributed by atoms with Gasteiger partial charge in [0.15, 0.2) is 11.5 Å². The van der Waals surface area contributed by atoms with E-state index in [9.17, 15) is 0 Å². The average Bonchev–Trinajstić information content (AvgIpc) is 3.19. The first kappa shape index (κ1) is 19.6. The lowest BCUT2D eigenvalue weighted by Crippen LogP contribution is -2.52. The number of hydrogen-bond acceptors (Lipinski definition) is 4. The van der Waals surface area contributed by atoms with Crippen molar-refractivity contribution in [2.75, 3.05) is 6.54 Å². The zero-order valence-electron chi connectivity index (χ0n) is 19.3. The van der Waals surface area contributed by atoms with Crippen LogP contribution in [0, 0.1) is 19.7 Å². The van der Waals surface area contributed by atoms with Crippen LogP contribution in [0.5, 0.6) is 0 Å². The summed E-state index contributed by atoms with van der Waals surface area (Å²) in [6, 6.07) is 6.73. The van der Waals surface area contributed by atoms with Gasteiger partial charge in [-0.25, -0.2) is 13.9 Å². The first-order valence-electron chi connectivity index (χ1n) is 12.3. The first-order valence-corrected chi connectivity index (χ1v) is 12.3. The Morgan fingerprint density at radius 2 is 1.85 bits per heavy atom. The highest BCUT2D eigenvalue weighted by Crippen LogP contribution is 2.53. The molecule has 7 rings (SSSR count). The van der Waals surface area contributed by atoms with Crippen molar-refractivity contribution in [2.24, 2.45) is 0 Å². The zero-order valence-corrected chi connectivity index (χ0v) is 19.3. The van der Waals surface area contributed by atoms with E-state index < -0.39 is 0 Å². The Balaban J connectivity index is 1.23. The maximum Gasteiger partial charge on any atom is 0.156 e. The van der Waals surface area contributed by atoms with E-state index in [-0.39, 0.29) is 5.82 Å². The molecule has 0 bridgehead atoms. The lowest BCUT2D eigenvalue weighted by molar-refractivity contribution is 0.0178. The van der Waals surface area contributed by atoms with Gasteiger partial charge in [0.1, 0.15) is 5.52 Å². The van der Waals surface area contributed by atoms with Gasteiger partial charge in [-0.2, -0.15) is 10.2 Å². The van der Waals surface area contributed by atoms with Gasteiger partial charge in [-0.3, -0.25) is 9.58 Å². The molecular formula is C26H29FN6. The Hall–Kier alpha value is -2.80. The van der Waals surface area contributed by atoms with Crippen molar-refractivity contribution in [3.63, 3.8) is 0 Å². The van der Waals surface area contributed by atoms with Crippen molar-refractivity contribution in [3.8, 4) is 11.3 Å². The summed E-state index contributed by atoms with van der Waals surface area (Å²) < 4.78 is 19.0. The number of halogens is 1. The van der Waals surface area contributed by atoms with Crippen molar-refractivity contribution < 1.29 is 4.39 Å². The fourth-order valence-corrected chi connectivity index (χ4v) is 6.14. The number of imidazole rings is 1. The second kappa shape index (κ2) is 6.86. The molecular weight excluding hydrogens is 415 g/mol. The molecule has 0 amide bonds. The molecule has 7 heteroatoms. The van der Waals surface area contributed by atoms with Gasteiger partial charge in [0, 0.05) is 35.3 Å². The molecule has 0 radical (unpaired) electrons. The number of nitrogens with zero attached hydrogens (tertiary/aromatic N) is 6. The summed E-state index contributed by atoms with van der Waals surface area (Å²) in [5, 5.41) is 10.3. The third-order valence-electron chi connectivity index (χ3n) is 8.25. The molecule has 1 spiro atoms. The van der Waals surface area contributed by atoms with Crippen molar-refractivity contribution in [2.45, 2.75) is 76.4 Å². The highest BCUT2D eigenvalue weighted by atomic mass is 19.1. The van der Waals surface area contributed by atoms with Gasteiger partial charge in [0.05, 0.1) is 23.6 Å². The topological polar surface area (TPSA) is 51.3 Å². The highest BCUT2D eigenvalue weighted by molar-refractivity contribution is 5.84. The molecule has 3 aromatic heterocycles. The molecule has 3 fully saturated rings. The number of hydrogen-bond donors (Lipinski definition) is 0. The molecule has 0 N–H and O–H groups in total. The fraction of sp³-hybridized carbons (Fsp3) is 0.500. The number of benzene rings is 1. The number of rotatable bonds is 3. The summed E-state index contributed by atoms with van der Waals surface area (Å²) >= 11 is 0. The molecule has 170 valence electrons. The van der Waals surface area contributed by atoms with Crippen LogP contribution < -0.4 is 0 Å². The number of fused-ring (bicyclic) bond motifs is 2. The monoisotopic (exact) mass is 444 g/mol. The number of aromatic nitrogens is 5. The van der Waals surface area contributed by atoms with Crippen molar-refractivity contribution >= 4 is 16.6 Å². The van der Waals surface area contributed by atoms with Crippen LogP contribution in [0.25, 0.3) is 27.8 Å². The summed E-state index contributed by atoms with van der Waals surface area (Å²) in [4.78, 5) is 7.32. The number of piperidine rings is 1. The molecule has 3 aliphatic rings. The summed E-state index contributed by atoms with van der Waals surface area (Å²) in [5.41, 5.74) is 5.15. The van der Waals surface area contributed by atoms with Crippen molar-refractivity contribution in [3.05, 3.63) is 47.7 Å². The van der Waals surface area contributed by atoms with Gasteiger partial charge in [-0.05, 0) is 76.1 Å². The van der Waals surface area contributed by atoms with Crippen LogP contribution in [0.2, 0.25) is 0 Å². The van der Waals surface area contributed by atoms with Crippen LogP contribution in [0.4, 0.5) is 4.39 Å². The van der Waals surface area contributed by atoms with E-state index in [1.807, 2.05) is 32.2 Å². The molecule has 1 atom stereocenters. The Morgan fingerprint density at radius 1 is 1.00 bits per heavy atom. The van der Waals surface area contributed by atoms with Gasteiger partial charge in [-0.15, -0.1) is 0 Å². The zero-order chi connectivity index (χ0) is 22.3. The Kier molecular flexibility index (Phi) is 4.08. The van der Waals surface area contributed by atoms with Crippen LogP contribution in [-0.2, 0) is 0 Å². The molecule has 1 aromatic carbocycles. The predicted octanol–water partition coefficient (Wildman–Crippen LogP) is 5.22. The molecule has 4 aromatic rings. The third kappa shape index (κ3) is 3.05. The normalized spacial score (nSPS) is 22.9. The Bertz CT molecular complexity index is 1390. The van der Waals surface area contributed by atoms with Crippen LogP contribution in [0.15, 0.2) is 30.6 Å². The van der Waals surface area contributed by atoms with E-state index in [0.29, 0.717) is 17.1 Å². The van der Waals surface area contributed by atoms with Crippen LogP contribution in [0.3, 0.4) is 0 Å². The van der Waals surface area contributed by atoms with Crippen LogP contribution in [-0.4, -0.2) is 47.4 Å². The molecule has 1 aliphatic heterocycles. The first-order chi connectivity index (χ1) is 16.0. The maximum atomic E-state index is 15.2. The molecule has 6 nitrogen and oxygen atoms in total. The van der Waals surface area contributed by atoms with Gasteiger partial charge < -0.3 is 0 Å². The molecule has 1 saturated heterocycles. The molecule has 4 heterocycles. The minimum atomic E-state index is -0.282. The molecule has 2 saturated carbocycles. The van der Waals surface area contributed by atoms with Crippen LogP contribution in [0.1, 0.15) is 62.2 Å². The van der Waals surface area contributed by atoms with E-state index in [1.165, 1.54) is 32.1 Å². The second-order valence-electron chi connectivity index (χ2n) is 10.5. The minimum Gasteiger partial charge on any atom is -0.295 e. The lowest BCUT2D eigenvalue weighted by Gasteiger charge is -2.48. The van der Waals surface area contributed by atoms with Gasteiger partial charge in [0.25, 0.3) is 0 Å². The average molecular weight is 445 g/mol. The fourth-order valence-electron chi connectivity index (χ4n) is 6.14. The Morgan fingerprint density at radius 3 is 2.61 bits per heavy atom.